The van der Waals surface area contributed by atoms with E-state index in [2.05, 4.69) is 14.9 Å². The maximum Gasteiger partial charge on any atom is 0.254 e. The molecule has 1 saturated heterocycles. The first-order valence-electron chi connectivity index (χ1n) is 9.20. The van der Waals surface area contributed by atoms with Gasteiger partial charge in [0.2, 0.25) is 5.75 Å². The highest BCUT2D eigenvalue weighted by Crippen LogP contribution is 2.38. The summed E-state index contributed by atoms with van der Waals surface area (Å²) in [6.45, 7) is 2.66. The zero-order valence-electron chi connectivity index (χ0n) is 16.5. The van der Waals surface area contributed by atoms with Crippen molar-refractivity contribution in [2.45, 2.75) is 0 Å². The number of piperazine rings is 1. The van der Waals surface area contributed by atoms with E-state index in [4.69, 9.17) is 14.2 Å². The molecule has 0 atom stereocenters. The van der Waals surface area contributed by atoms with Crippen molar-refractivity contribution in [2.75, 3.05) is 52.4 Å². The maximum absolute atomic E-state index is 13.1. The molecule has 0 radical (unpaired) electrons. The summed E-state index contributed by atoms with van der Waals surface area (Å²) in [5.74, 6) is 1.35. The molecule has 0 unspecified atom stereocenters. The second-order valence-corrected chi connectivity index (χ2v) is 7.47. The Labute approximate surface area is 172 Å². The van der Waals surface area contributed by atoms with Crippen LogP contribution in [-0.2, 0) is 0 Å². The lowest BCUT2D eigenvalue weighted by Gasteiger charge is -2.34. The number of rotatable bonds is 5. The van der Waals surface area contributed by atoms with E-state index in [1.54, 1.807) is 36.8 Å². The zero-order chi connectivity index (χ0) is 20.4. The fourth-order valence-electron chi connectivity index (χ4n) is 3.38. The molecule has 0 N–H and O–H groups in total. The van der Waals surface area contributed by atoms with Crippen molar-refractivity contribution in [3.05, 3.63) is 36.0 Å². The zero-order valence-corrected chi connectivity index (χ0v) is 17.4. The molecule has 2 aromatic heterocycles. The van der Waals surface area contributed by atoms with Gasteiger partial charge in [0.15, 0.2) is 16.6 Å². The van der Waals surface area contributed by atoms with Crippen LogP contribution in [0.3, 0.4) is 0 Å². The highest BCUT2D eigenvalue weighted by Gasteiger charge is 2.26. The standard InChI is InChI=1S/C20H22N4O4S/c1-26-15-11-13(12-16(27-2)17(15)28-3)19(25)23-7-9-24(10-8-23)20-22-14-5-4-6-21-18(14)29-20/h4-6,11-12H,7-10H2,1-3H3. The minimum absolute atomic E-state index is 0.0603. The molecule has 0 aliphatic carbocycles. The summed E-state index contributed by atoms with van der Waals surface area (Å²) >= 11 is 1.58. The number of anilines is 1. The molecule has 0 spiro atoms. The van der Waals surface area contributed by atoms with Crippen molar-refractivity contribution >= 4 is 32.7 Å². The Bertz CT molecular complexity index is 972. The number of carbonyl (C=O) groups is 1. The largest absolute Gasteiger partial charge is 0.493 e. The molecule has 0 bridgehead atoms. The van der Waals surface area contributed by atoms with E-state index in [9.17, 15) is 4.79 Å². The monoisotopic (exact) mass is 414 g/mol. The van der Waals surface area contributed by atoms with Gasteiger partial charge in [-0.3, -0.25) is 4.79 Å². The van der Waals surface area contributed by atoms with Gasteiger partial charge in [0.1, 0.15) is 10.3 Å². The van der Waals surface area contributed by atoms with Crippen LogP contribution >= 0.6 is 11.3 Å². The van der Waals surface area contributed by atoms with Gasteiger partial charge in [0.05, 0.1) is 21.3 Å². The molecular formula is C20H22N4O4S. The van der Waals surface area contributed by atoms with E-state index >= 15 is 0 Å². The van der Waals surface area contributed by atoms with Crippen LogP contribution in [-0.4, -0.2) is 68.3 Å². The second-order valence-electron chi connectivity index (χ2n) is 6.52. The second kappa shape index (κ2) is 8.12. The van der Waals surface area contributed by atoms with Crippen LogP contribution in [0.4, 0.5) is 5.13 Å². The Balaban J connectivity index is 1.49. The molecular weight excluding hydrogens is 392 g/mol. The molecule has 1 amide bonds. The first-order chi connectivity index (χ1) is 14.1. The summed E-state index contributed by atoms with van der Waals surface area (Å²) in [7, 11) is 4.62. The van der Waals surface area contributed by atoms with E-state index in [1.165, 1.54) is 14.2 Å². The number of amides is 1. The number of pyridine rings is 1. The smallest absolute Gasteiger partial charge is 0.254 e. The van der Waals surface area contributed by atoms with E-state index in [1.807, 2.05) is 17.0 Å². The van der Waals surface area contributed by atoms with Gasteiger partial charge < -0.3 is 24.0 Å². The van der Waals surface area contributed by atoms with E-state index < -0.39 is 0 Å². The van der Waals surface area contributed by atoms with Crippen LogP contribution in [0.5, 0.6) is 17.2 Å². The Morgan fingerprint density at radius 2 is 1.72 bits per heavy atom. The van der Waals surface area contributed by atoms with Gasteiger partial charge in [-0.25, -0.2) is 9.97 Å². The Morgan fingerprint density at radius 3 is 2.31 bits per heavy atom. The molecule has 1 fully saturated rings. The average molecular weight is 414 g/mol. The summed E-state index contributed by atoms with van der Waals surface area (Å²) in [5.41, 5.74) is 1.42. The molecule has 0 saturated carbocycles. The van der Waals surface area contributed by atoms with E-state index in [0.29, 0.717) is 35.9 Å². The molecule has 4 rings (SSSR count). The van der Waals surface area contributed by atoms with Crippen LogP contribution < -0.4 is 19.1 Å². The lowest BCUT2D eigenvalue weighted by molar-refractivity contribution is 0.0746. The number of hydrogen-bond acceptors (Lipinski definition) is 8. The third-order valence-electron chi connectivity index (χ3n) is 4.90. The number of nitrogens with zero attached hydrogens (tertiary/aromatic N) is 4. The lowest BCUT2D eigenvalue weighted by Crippen LogP contribution is -2.48. The first-order valence-corrected chi connectivity index (χ1v) is 10.0. The highest BCUT2D eigenvalue weighted by atomic mass is 32.1. The summed E-state index contributed by atoms with van der Waals surface area (Å²) in [6.07, 6.45) is 1.78. The van der Waals surface area contributed by atoms with Crippen LogP contribution in [0.15, 0.2) is 30.5 Å². The predicted molar refractivity (Wildman–Crippen MR) is 112 cm³/mol. The van der Waals surface area contributed by atoms with Gasteiger partial charge in [-0.1, -0.05) is 11.3 Å². The third-order valence-corrected chi connectivity index (χ3v) is 5.94. The number of carbonyl (C=O) groups excluding carboxylic acids is 1. The van der Waals surface area contributed by atoms with Crippen molar-refractivity contribution in [2.24, 2.45) is 0 Å². The number of methoxy groups -OCH3 is 3. The lowest BCUT2D eigenvalue weighted by atomic mass is 10.1. The minimum atomic E-state index is -0.0603. The Hall–Kier alpha value is -3.07. The van der Waals surface area contributed by atoms with Crippen molar-refractivity contribution in [3.63, 3.8) is 0 Å². The topological polar surface area (TPSA) is 77.0 Å². The fraction of sp³-hybridized carbons (Fsp3) is 0.350. The van der Waals surface area contributed by atoms with Crippen molar-refractivity contribution in [1.29, 1.82) is 0 Å². The SMILES string of the molecule is COc1cc(C(=O)N2CCN(c3nc4cccnc4s3)CC2)cc(OC)c1OC. The van der Waals surface area contributed by atoms with Gasteiger partial charge >= 0.3 is 0 Å². The van der Waals surface area contributed by atoms with Crippen molar-refractivity contribution in [1.82, 2.24) is 14.9 Å². The van der Waals surface area contributed by atoms with Gasteiger partial charge in [-0.15, -0.1) is 0 Å². The number of aromatic nitrogens is 2. The molecule has 1 aromatic carbocycles. The van der Waals surface area contributed by atoms with Gasteiger partial charge in [0, 0.05) is 37.9 Å². The van der Waals surface area contributed by atoms with E-state index in [-0.39, 0.29) is 5.91 Å². The number of ether oxygens (including phenoxy) is 3. The molecule has 1 aliphatic heterocycles. The van der Waals surface area contributed by atoms with Gasteiger partial charge in [-0.05, 0) is 24.3 Å². The summed E-state index contributed by atoms with van der Waals surface area (Å²) in [5, 5.41) is 0.943. The van der Waals surface area contributed by atoms with Crippen molar-refractivity contribution < 1.29 is 19.0 Å². The maximum atomic E-state index is 13.1. The Morgan fingerprint density at radius 1 is 1.03 bits per heavy atom. The van der Waals surface area contributed by atoms with Crippen molar-refractivity contribution in [3.8, 4) is 17.2 Å². The number of benzene rings is 1. The molecule has 152 valence electrons. The minimum Gasteiger partial charge on any atom is -0.493 e. The Kier molecular flexibility index (Phi) is 5.39. The molecule has 1 aliphatic rings. The first kappa shape index (κ1) is 19.3. The normalized spacial score (nSPS) is 14.2. The van der Waals surface area contributed by atoms with Gasteiger partial charge in [0.25, 0.3) is 5.91 Å². The summed E-state index contributed by atoms with van der Waals surface area (Å²) in [6, 6.07) is 7.23. The number of thiazole rings is 1. The van der Waals surface area contributed by atoms with E-state index in [0.717, 1.165) is 28.6 Å². The molecule has 3 aromatic rings. The van der Waals surface area contributed by atoms with Crippen LogP contribution in [0, 0.1) is 0 Å². The number of fused-ring (bicyclic) bond motifs is 1. The summed E-state index contributed by atoms with van der Waals surface area (Å²) < 4.78 is 16.1. The number of hydrogen-bond donors (Lipinski definition) is 0. The van der Waals surface area contributed by atoms with Crippen LogP contribution in [0.1, 0.15) is 10.4 Å². The van der Waals surface area contributed by atoms with Crippen LogP contribution in [0.2, 0.25) is 0 Å². The quantitative estimate of drug-likeness (QED) is 0.635. The molecule has 9 heteroatoms. The molecule has 29 heavy (non-hydrogen) atoms. The fourth-order valence-corrected chi connectivity index (χ4v) is 4.34. The van der Waals surface area contributed by atoms with Gasteiger partial charge in [-0.2, -0.15) is 0 Å². The molecule has 8 nitrogen and oxygen atoms in total. The summed E-state index contributed by atoms with van der Waals surface area (Å²) in [4.78, 5) is 27.0. The molecule has 3 heterocycles. The van der Waals surface area contributed by atoms with Crippen LogP contribution in [0.25, 0.3) is 10.3 Å². The predicted octanol–water partition coefficient (Wildman–Crippen LogP) is 2.68. The highest BCUT2D eigenvalue weighted by molar-refractivity contribution is 7.21. The average Bonchev–Trinajstić information content (AvgIpc) is 3.22. The third kappa shape index (κ3) is 3.65.